The van der Waals surface area contributed by atoms with Crippen molar-refractivity contribution < 1.29 is 9.47 Å². The lowest BCUT2D eigenvalue weighted by Crippen LogP contribution is -2.37. The number of hydrogen-bond acceptors (Lipinski definition) is 7. The van der Waals surface area contributed by atoms with Gasteiger partial charge in [0.25, 0.3) is 0 Å². The number of fused-ring (bicyclic) bond motifs is 1. The number of benzene rings is 1. The van der Waals surface area contributed by atoms with Gasteiger partial charge in [-0.25, -0.2) is 19.9 Å². The Morgan fingerprint density at radius 3 is 2.37 bits per heavy atom. The molecule has 3 aromatic rings. The first-order valence-electron chi connectivity index (χ1n) is 8.88. The summed E-state index contributed by atoms with van der Waals surface area (Å²) in [4.78, 5) is 20.1. The maximum absolute atomic E-state index is 5.76. The summed E-state index contributed by atoms with van der Waals surface area (Å²) in [5.41, 5.74) is 3.02. The average Bonchev–Trinajstić information content (AvgIpc) is 3.19. The fourth-order valence-electron chi connectivity index (χ4n) is 3.53. The Morgan fingerprint density at radius 2 is 1.63 bits per heavy atom. The van der Waals surface area contributed by atoms with Crippen molar-refractivity contribution in [3.8, 4) is 17.1 Å². The van der Waals surface area contributed by atoms with Crippen LogP contribution in [0.4, 0.5) is 5.69 Å². The van der Waals surface area contributed by atoms with Crippen molar-refractivity contribution in [3.05, 3.63) is 67.0 Å². The van der Waals surface area contributed by atoms with Crippen LogP contribution < -0.4 is 9.64 Å². The second-order valence-electron chi connectivity index (χ2n) is 6.31. The van der Waals surface area contributed by atoms with Gasteiger partial charge in [0.05, 0.1) is 24.8 Å². The lowest BCUT2D eigenvalue weighted by Gasteiger charge is -2.32. The van der Waals surface area contributed by atoms with Gasteiger partial charge in [0.15, 0.2) is 5.82 Å². The summed E-state index contributed by atoms with van der Waals surface area (Å²) < 4.78 is 11.3. The summed E-state index contributed by atoms with van der Waals surface area (Å²) in [6, 6.07) is 7.57. The van der Waals surface area contributed by atoms with Crippen LogP contribution >= 0.6 is 0 Å². The summed E-state index contributed by atoms with van der Waals surface area (Å²) in [6.45, 7) is 6.01. The van der Waals surface area contributed by atoms with E-state index < -0.39 is 0 Å². The largest absolute Gasteiger partial charge is 0.477 e. The number of anilines is 1. The SMILES string of the molecule is [C]1Oc2ccc(-c3ncccn3)c(N3CCOCC3)c2C1c1ncccn1. The summed E-state index contributed by atoms with van der Waals surface area (Å²) in [6.07, 6.45) is 6.98. The maximum atomic E-state index is 5.76. The molecular formula is C20H17N5O2. The normalized spacial score (nSPS) is 18.8. The fraction of sp³-hybridized carbons (Fsp3) is 0.250. The van der Waals surface area contributed by atoms with Gasteiger partial charge in [0.2, 0.25) is 6.61 Å². The van der Waals surface area contributed by atoms with Crippen LogP contribution in [0.2, 0.25) is 0 Å². The molecule has 134 valence electrons. The van der Waals surface area contributed by atoms with Crippen LogP contribution in [0, 0.1) is 6.61 Å². The van der Waals surface area contributed by atoms with Crippen LogP contribution in [0.15, 0.2) is 49.1 Å². The Balaban J connectivity index is 1.70. The first-order chi connectivity index (χ1) is 13.4. The smallest absolute Gasteiger partial charge is 0.212 e. The van der Waals surface area contributed by atoms with Gasteiger partial charge >= 0.3 is 0 Å². The van der Waals surface area contributed by atoms with Crippen molar-refractivity contribution in [1.82, 2.24) is 19.9 Å². The van der Waals surface area contributed by atoms with Gasteiger partial charge in [-0.1, -0.05) is 0 Å². The Morgan fingerprint density at radius 1 is 0.926 bits per heavy atom. The molecule has 5 rings (SSSR count). The van der Waals surface area contributed by atoms with E-state index in [2.05, 4.69) is 31.4 Å². The molecule has 0 N–H and O–H groups in total. The first kappa shape index (κ1) is 16.1. The van der Waals surface area contributed by atoms with Crippen LogP contribution in [0.5, 0.6) is 5.75 Å². The van der Waals surface area contributed by atoms with Crippen molar-refractivity contribution in [1.29, 1.82) is 0 Å². The van der Waals surface area contributed by atoms with Gasteiger partial charge in [0, 0.05) is 49.0 Å². The van der Waals surface area contributed by atoms with E-state index in [1.807, 2.05) is 18.2 Å². The van der Waals surface area contributed by atoms with Gasteiger partial charge < -0.3 is 14.4 Å². The molecule has 1 saturated heterocycles. The van der Waals surface area contributed by atoms with Gasteiger partial charge in [-0.3, -0.25) is 0 Å². The van der Waals surface area contributed by atoms with E-state index >= 15 is 0 Å². The number of hydrogen-bond donors (Lipinski definition) is 0. The highest BCUT2D eigenvalue weighted by molar-refractivity contribution is 5.82. The highest BCUT2D eigenvalue weighted by atomic mass is 16.5. The molecule has 2 aromatic heterocycles. The lowest BCUT2D eigenvalue weighted by molar-refractivity contribution is 0.122. The minimum atomic E-state index is -0.261. The molecule has 1 fully saturated rings. The van der Waals surface area contributed by atoms with Gasteiger partial charge in [-0.15, -0.1) is 0 Å². The Bertz CT molecular complexity index is 930. The third-order valence-electron chi connectivity index (χ3n) is 4.73. The highest BCUT2D eigenvalue weighted by Gasteiger charge is 2.36. The Kier molecular flexibility index (Phi) is 4.14. The third kappa shape index (κ3) is 2.90. The topological polar surface area (TPSA) is 73.3 Å². The summed E-state index contributed by atoms with van der Waals surface area (Å²) in [7, 11) is 0. The van der Waals surface area contributed by atoms with E-state index in [1.54, 1.807) is 30.9 Å². The van der Waals surface area contributed by atoms with Crippen LogP contribution in [-0.2, 0) is 4.74 Å². The maximum Gasteiger partial charge on any atom is 0.212 e. The van der Waals surface area contributed by atoms with Crippen molar-refractivity contribution in [2.45, 2.75) is 5.92 Å². The monoisotopic (exact) mass is 359 g/mol. The number of aromatic nitrogens is 4. The van der Waals surface area contributed by atoms with E-state index in [-0.39, 0.29) is 5.92 Å². The van der Waals surface area contributed by atoms with E-state index in [9.17, 15) is 0 Å². The van der Waals surface area contributed by atoms with Crippen molar-refractivity contribution in [3.63, 3.8) is 0 Å². The van der Waals surface area contributed by atoms with Gasteiger partial charge in [-0.05, 0) is 24.3 Å². The van der Waals surface area contributed by atoms with Crippen molar-refractivity contribution in [2.75, 3.05) is 31.2 Å². The molecule has 2 aliphatic heterocycles. The Hall–Kier alpha value is -3.06. The molecule has 2 aliphatic rings. The number of morpholine rings is 1. The Labute approximate surface area is 157 Å². The quantitative estimate of drug-likeness (QED) is 0.710. The minimum Gasteiger partial charge on any atom is -0.477 e. The highest BCUT2D eigenvalue weighted by Crippen LogP contribution is 2.48. The number of rotatable bonds is 3. The standard InChI is InChI=1S/C20H17N5O2/c1-5-21-19(22-6-1)14-3-4-16-17(18(14)25-9-11-26-12-10-25)15(13-27-16)20-23-7-2-8-24-20/h1-8,15H,9-12H2. The number of ether oxygens (including phenoxy) is 2. The number of nitrogens with zero attached hydrogens (tertiary/aromatic N) is 5. The predicted molar refractivity (Wildman–Crippen MR) is 98.2 cm³/mol. The van der Waals surface area contributed by atoms with E-state index in [1.165, 1.54) is 0 Å². The van der Waals surface area contributed by atoms with E-state index in [0.29, 0.717) is 24.9 Å². The molecule has 7 nitrogen and oxygen atoms in total. The molecule has 27 heavy (non-hydrogen) atoms. The van der Waals surface area contributed by atoms with Crippen LogP contribution in [0.25, 0.3) is 11.4 Å². The zero-order chi connectivity index (χ0) is 18.1. The van der Waals surface area contributed by atoms with E-state index in [4.69, 9.17) is 9.47 Å². The molecule has 0 amide bonds. The minimum absolute atomic E-state index is 0.261. The van der Waals surface area contributed by atoms with Gasteiger partial charge in [-0.2, -0.15) is 0 Å². The molecule has 0 spiro atoms. The molecule has 7 heteroatoms. The zero-order valence-corrected chi connectivity index (χ0v) is 14.6. The van der Waals surface area contributed by atoms with Crippen LogP contribution in [-0.4, -0.2) is 46.2 Å². The van der Waals surface area contributed by atoms with Gasteiger partial charge in [0.1, 0.15) is 11.6 Å². The van der Waals surface area contributed by atoms with E-state index in [0.717, 1.165) is 35.7 Å². The second kappa shape index (κ2) is 6.92. The molecule has 0 saturated carbocycles. The second-order valence-corrected chi connectivity index (χ2v) is 6.31. The van der Waals surface area contributed by atoms with Crippen LogP contribution in [0.1, 0.15) is 17.3 Å². The molecule has 1 unspecified atom stereocenters. The molecule has 0 bridgehead atoms. The summed E-state index contributed by atoms with van der Waals surface area (Å²) in [5.74, 6) is 1.86. The van der Waals surface area contributed by atoms with Crippen molar-refractivity contribution >= 4 is 5.69 Å². The molecular weight excluding hydrogens is 342 g/mol. The molecule has 1 aromatic carbocycles. The molecule has 4 heterocycles. The first-order valence-corrected chi connectivity index (χ1v) is 8.88. The lowest BCUT2D eigenvalue weighted by atomic mass is 9.94. The zero-order valence-electron chi connectivity index (χ0n) is 14.6. The summed E-state index contributed by atoms with van der Waals surface area (Å²) in [5, 5.41) is 0. The average molecular weight is 359 g/mol. The molecule has 0 aliphatic carbocycles. The molecule has 2 radical (unpaired) electrons. The summed E-state index contributed by atoms with van der Waals surface area (Å²) >= 11 is 0. The third-order valence-corrected chi connectivity index (χ3v) is 4.73. The van der Waals surface area contributed by atoms with Crippen molar-refractivity contribution in [2.24, 2.45) is 0 Å². The predicted octanol–water partition coefficient (Wildman–Crippen LogP) is 2.33. The molecule has 1 atom stereocenters. The van der Waals surface area contributed by atoms with Crippen LogP contribution in [0.3, 0.4) is 0 Å². The fourth-order valence-corrected chi connectivity index (χ4v) is 3.53.